The summed E-state index contributed by atoms with van der Waals surface area (Å²) in [6.45, 7) is 9.01. The van der Waals surface area contributed by atoms with Crippen LogP contribution in [0.1, 0.15) is 45.6 Å². The number of carbonyl (C=O) groups is 2. The molecule has 1 N–H and O–H groups in total. The van der Waals surface area contributed by atoms with Crippen LogP contribution in [0.4, 0.5) is 0 Å². The normalized spacial score (nSPS) is 14.9. The van der Waals surface area contributed by atoms with E-state index in [0.717, 1.165) is 73.9 Å². The lowest BCUT2D eigenvalue weighted by Crippen LogP contribution is -2.04. The summed E-state index contributed by atoms with van der Waals surface area (Å²) in [5.74, 6) is 3.18. The SMILES string of the molecule is COC1=CC(=O)O/C1=C\c1ccccc1-c1ccc(Cn2nc(C)nc2C)cc1.Cc1nc(C)n(Cc2ccc(-c3ccccc3/C=C3\OC(=O)C=C3O)cc2)n1. The Morgan fingerprint density at radius 2 is 1.05 bits per heavy atom. The second-order valence-corrected chi connectivity index (χ2v) is 13.4. The van der Waals surface area contributed by atoms with Crippen LogP contribution in [0.25, 0.3) is 34.4 Å². The standard InChI is InChI=1S/C23H21N3O3.C22H19N3O3/c1-15-24-16(2)26(25-15)14-17-8-10-18(11-9-17)20-7-5-4-6-19(20)12-22-21(28-3)13-23(27)29-22;1-14-23-15(2)25(24-14)13-16-7-9-17(10-8-16)19-6-4-3-5-18(19)11-21-20(26)12-22(27)28-21/h4-13H,14H2,1-3H3;3-12,26H,13H2,1-2H3/b22-12-;21-11-. The fraction of sp³-hybridized carbons (Fsp3) is 0.156. The van der Waals surface area contributed by atoms with Crippen LogP contribution in [0.3, 0.4) is 0 Å². The Labute approximate surface area is 329 Å². The summed E-state index contributed by atoms with van der Waals surface area (Å²) in [5.41, 5.74) is 8.17. The predicted octanol–water partition coefficient (Wildman–Crippen LogP) is 7.99. The highest BCUT2D eigenvalue weighted by Gasteiger charge is 2.22. The second kappa shape index (κ2) is 16.6. The van der Waals surface area contributed by atoms with Crippen molar-refractivity contribution in [1.29, 1.82) is 0 Å². The van der Waals surface area contributed by atoms with Crippen molar-refractivity contribution in [1.82, 2.24) is 29.5 Å². The fourth-order valence-corrected chi connectivity index (χ4v) is 6.50. The lowest BCUT2D eigenvalue weighted by Gasteiger charge is -2.10. The molecule has 0 radical (unpaired) electrons. The number of aliphatic hydroxyl groups is 1. The Bertz CT molecular complexity index is 2590. The minimum atomic E-state index is -0.566. The number of aromatic nitrogens is 6. The number of ether oxygens (including phenoxy) is 3. The molecule has 8 rings (SSSR count). The van der Waals surface area contributed by atoms with Crippen molar-refractivity contribution in [2.75, 3.05) is 7.11 Å². The first-order valence-corrected chi connectivity index (χ1v) is 18.2. The number of hydrogen-bond donors (Lipinski definition) is 1. The zero-order chi connectivity index (χ0) is 40.1. The zero-order valence-electron chi connectivity index (χ0n) is 32.1. The average molecular weight is 761 g/mol. The average Bonchev–Trinajstić information content (AvgIpc) is 3.92. The molecule has 57 heavy (non-hydrogen) atoms. The van der Waals surface area contributed by atoms with Crippen LogP contribution in [0.2, 0.25) is 0 Å². The molecule has 0 bridgehead atoms. The van der Waals surface area contributed by atoms with Crippen LogP contribution in [-0.2, 0) is 36.9 Å². The summed E-state index contributed by atoms with van der Waals surface area (Å²) < 4.78 is 19.3. The summed E-state index contributed by atoms with van der Waals surface area (Å²) >= 11 is 0. The van der Waals surface area contributed by atoms with Crippen LogP contribution in [0.15, 0.2) is 132 Å². The summed E-state index contributed by atoms with van der Waals surface area (Å²) in [6.07, 6.45) is 5.90. The number of cyclic esters (lactones) is 2. The molecule has 0 fully saturated rings. The van der Waals surface area contributed by atoms with Gasteiger partial charge in [0.25, 0.3) is 0 Å². The van der Waals surface area contributed by atoms with E-state index in [1.807, 2.05) is 104 Å². The van der Waals surface area contributed by atoms with Gasteiger partial charge in [-0.25, -0.2) is 28.9 Å². The molecule has 12 nitrogen and oxygen atoms in total. The monoisotopic (exact) mass is 760 g/mol. The maximum atomic E-state index is 11.5. The number of benzene rings is 4. The molecule has 0 unspecified atom stereocenters. The molecule has 286 valence electrons. The van der Waals surface area contributed by atoms with Crippen molar-refractivity contribution in [2.45, 2.75) is 40.8 Å². The van der Waals surface area contributed by atoms with E-state index in [1.165, 1.54) is 13.2 Å². The maximum Gasteiger partial charge on any atom is 0.340 e. The molecule has 2 aromatic heterocycles. The predicted molar refractivity (Wildman–Crippen MR) is 215 cm³/mol. The molecule has 0 spiro atoms. The first-order chi connectivity index (χ1) is 27.5. The van der Waals surface area contributed by atoms with Crippen molar-refractivity contribution in [3.8, 4) is 22.3 Å². The van der Waals surface area contributed by atoms with Gasteiger partial charge >= 0.3 is 11.9 Å². The van der Waals surface area contributed by atoms with Crippen LogP contribution in [0.5, 0.6) is 0 Å². The molecule has 0 aliphatic carbocycles. The molecule has 0 saturated carbocycles. The summed E-state index contributed by atoms with van der Waals surface area (Å²) in [5, 5.41) is 18.6. The summed E-state index contributed by atoms with van der Waals surface area (Å²) in [4.78, 5) is 31.5. The van der Waals surface area contributed by atoms with Gasteiger partial charge in [0.1, 0.15) is 23.3 Å². The topological polar surface area (TPSA) is 143 Å². The van der Waals surface area contributed by atoms with E-state index in [4.69, 9.17) is 14.2 Å². The van der Waals surface area contributed by atoms with Crippen molar-refractivity contribution in [3.05, 3.63) is 178 Å². The highest BCUT2D eigenvalue weighted by atomic mass is 16.6. The first-order valence-electron chi connectivity index (χ1n) is 18.2. The van der Waals surface area contributed by atoms with E-state index in [2.05, 4.69) is 56.6 Å². The first kappa shape index (κ1) is 38.0. The Morgan fingerprint density at radius 1 is 0.614 bits per heavy atom. The number of rotatable bonds is 9. The Balaban J connectivity index is 0.000000174. The minimum Gasteiger partial charge on any atom is -0.504 e. The number of carbonyl (C=O) groups excluding carboxylic acids is 2. The largest absolute Gasteiger partial charge is 0.504 e. The van der Waals surface area contributed by atoms with Crippen LogP contribution in [-0.4, -0.2) is 53.7 Å². The van der Waals surface area contributed by atoms with E-state index >= 15 is 0 Å². The molecule has 4 aromatic carbocycles. The summed E-state index contributed by atoms with van der Waals surface area (Å²) in [7, 11) is 1.52. The molecule has 2 aliphatic heterocycles. The molecular weight excluding hydrogens is 721 g/mol. The van der Waals surface area contributed by atoms with Gasteiger partial charge in [0.05, 0.1) is 32.4 Å². The summed E-state index contributed by atoms with van der Waals surface area (Å²) in [6, 6.07) is 32.3. The van der Waals surface area contributed by atoms with Gasteiger partial charge < -0.3 is 19.3 Å². The molecule has 2 aliphatic rings. The third kappa shape index (κ3) is 8.97. The molecule has 0 amide bonds. The maximum absolute atomic E-state index is 11.5. The molecular formula is C45H40N6O6. The zero-order valence-corrected chi connectivity index (χ0v) is 32.1. The van der Waals surface area contributed by atoms with Gasteiger partial charge in [-0.1, -0.05) is 97.1 Å². The van der Waals surface area contributed by atoms with Crippen LogP contribution < -0.4 is 0 Å². The van der Waals surface area contributed by atoms with E-state index in [9.17, 15) is 14.7 Å². The van der Waals surface area contributed by atoms with Gasteiger partial charge in [-0.2, -0.15) is 10.2 Å². The van der Waals surface area contributed by atoms with Gasteiger partial charge in [0, 0.05) is 0 Å². The molecule has 0 atom stereocenters. The number of esters is 2. The second-order valence-electron chi connectivity index (χ2n) is 13.4. The molecule has 12 heteroatoms. The van der Waals surface area contributed by atoms with Gasteiger partial charge in [-0.3, -0.25) is 0 Å². The lowest BCUT2D eigenvalue weighted by molar-refractivity contribution is -0.133. The Morgan fingerprint density at radius 3 is 1.47 bits per heavy atom. The quantitative estimate of drug-likeness (QED) is 0.144. The minimum absolute atomic E-state index is 0.158. The number of nitrogens with zero attached hydrogens (tertiary/aromatic N) is 6. The van der Waals surface area contributed by atoms with Gasteiger partial charge in [0.15, 0.2) is 23.0 Å². The van der Waals surface area contributed by atoms with Gasteiger partial charge in [0.2, 0.25) is 0 Å². The highest BCUT2D eigenvalue weighted by Crippen LogP contribution is 2.31. The Hall–Kier alpha value is -7.34. The van der Waals surface area contributed by atoms with E-state index < -0.39 is 11.9 Å². The van der Waals surface area contributed by atoms with Crippen LogP contribution >= 0.6 is 0 Å². The van der Waals surface area contributed by atoms with E-state index in [-0.39, 0.29) is 11.5 Å². The number of aryl methyl sites for hydroxylation is 4. The van der Waals surface area contributed by atoms with Crippen LogP contribution in [0, 0.1) is 27.7 Å². The van der Waals surface area contributed by atoms with Gasteiger partial charge in [-0.05, 0) is 84.4 Å². The Kier molecular flexibility index (Phi) is 11.0. The van der Waals surface area contributed by atoms with Crippen molar-refractivity contribution >= 4 is 24.1 Å². The number of hydrogen-bond acceptors (Lipinski definition) is 10. The van der Waals surface area contributed by atoms with Gasteiger partial charge in [-0.15, -0.1) is 0 Å². The smallest absolute Gasteiger partial charge is 0.340 e. The van der Waals surface area contributed by atoms with Crippen molar-refractivity contribution in [2.24, 2.45) is 0 Å². The fourth-order valence-electron chi connectivity index (χ4n) is 6.50. The lowest BCUT2D eigenvalue weighted by atomic mass is 9.98. The third-order valence-electron chi connectivity index (χ3n) is 9.25. The van der Waals surface area contributed by atoms with Crippen molar-refractivity contribution in [3.63, 3.8) is 0 Å². The highest BCUT2D eigenvalue weighted by molar-refractivity contribution is 5.90. The molecule has 0 saturated heterocycles. The number of aliphatic hydroxyl groups excluding tert-OH is 1. The molecule has 4 heterocycles. The van der Waals surface area contributed by atoms with E-state index in [1.54, 1.807) is 6.08 Å². The molecule has 6 aromatic rings. The number of methoxy groups -OCH3 is 1. The van der Waals surface area contributed by atoms with Crippen molar-refractivity contribution < 1.29 is 28.9 Å². The third-order valence-corrected chi connectivity index (χ3v) is 9.25. The van der Waals surface area contributed by atoms with E-state index in [0.29, 0.717) is 24.6 Å².